The molecule has 6 heteroatoms. The second kappa shape index (κ2) is 6.77. The molecule has 3 heterocycles. The zero-order valence-corrected chi connectivity index (χ0v) is 16.1. The molecule has 3 aliphatic heterocycles. The lowest BCUT2D eigenvalue weighted by Gasteiger charge is -2.29. The number of carbonyl (C=O) groups is 1. The Labute approximate surface area is 159 Å². The van der Waals surface area contributed by atoms with Gasteiger partial charge >= 0.3 is 0 Å². The topological polar surface area (TPSA) is 41.6 Å². The molecule has 0 unspecified atom stereocenters. The van der Waals surface area contributed by atoms with Gasteiger partial charge in [-0.3, -0.25) is 9.69 Å². The van der Waals surface area contributed by atoms with Gasteiger partial charge in [0.2, 0.25) is 5.91 Å². The standard InChI is InChI=1S/C20H26ClFN2O2/c1-3-18(25)23-8-13-15-10-24(11-20(15)7-6-17(13)26-20)9-14-16(21)5-4-12(2)19(14)22/h4-5,13,15,17H,3,6-11H2,1-2H3,(H,23,25)/t13-,15+,17+,20+/m0/s1. The third-order valence-electron chi connectivity index (χ3n) is 6.47. The van der Waals surface area contributed by atoms with Gasteiger partial charge in [0.25, 0.3) is 0 Å². The van der Waals surface area contributed by atoms with Crippen molar-refractivity contribution < 1.29 is 13.9 Å². The van der Waals surface area contributed by atoms with E-state index in [0.29, 0.717) is 47.5 Å². The number of hydrogen-bond acceptors (Lipinski definition) is 3. The smallest absolute Gasteiger partial charge is 0.219 e. The van der Waals surface area contributed by atoms with Gasteiger partial charge in [0.05, 0.1) is 11.7 Å². The molecule has 3 aliphatic rings. The highest BCUT2D eigenvalue weighted by atomic mass is 35.5. The van der Waals surface area contributed by atoms with Crippen molar-refractivity contribution in [3.05, 3.63) is 34.1 Å². The molecule has 0 saturated carbocycles. The molecule has 142 valence electrons. The predicted molar refractivity (Wildman–Crippen MR) is 98.5 cm³/mol. The average Bonchev–Trinajstić information content (AvgIpc) is 3.27. The number of nitrogens with zero attached hydrogens (tertiary/aromatic N) is 1. The lowest BCUT2D eigenvalue weighted by molar-refractivity contribution is -0.121. The van der Waals surface area contributed by atoms with Crippen LogP contribution in [0.3, 0.4) is 0 Å². The molecule has 4 atom stereocenters. The van der Waals surface area contributed by atoms with Crippen molar-refractivity contribution in [3.63, 3.8) is 0 Å². The molecule has 2 bridgehead atoms. The normalized spacial score (nSPS) is 32.8. The molecule has 1 N–H and O–H groups in total. The van der Waals surface area contributed by atoms with E-state index in [-0.39, 0.29) is 23.4 Å². The number of halogens is 2. The third kappa shape index (κ3) is 2.94. The summed E-state index contributed by atoms with van der Waals surface area (Å²) >= 11 is 6.26. The number of likely N-dealkylation sites (tertiary alicyclic amines) is 1. The van der Waals surface area contributed by atoms with Crippen molar-refractivity contribution >= 4 is 17.5 Å². The molecular weight excluding hydrogens is 355 g/mol. The maximum atomic E-state index is 14.5. The van der Waals surface area contributed by atoms with Crippen molar-refractivity contribution in [1.82, 2.24) is 10.2 Å². The predicted octanol–water partition coefficient (Wildman–Crippen LogP) is 3.29. The molecule has 3 fully saturated rings. The molecule has 0 aromatic heterocycles. The Bertz CT molecular complexity index is 728. The highest BCUT2D eigenvalue weighted by Crippen LogP contribution is 2.54. The van der Waals surface area contributed by atoms with Gasteiger partial charge < -0.3 is 10.1 Å². The van der Waals surface area contributed by atoms with Gasteiger partial charge in [0.1, 0.15) is 5.82 Å². The Morgan fingerprint density at radius 1 is 1.50 bits per heavy atom. The van der Waals surface area contributed by atoms with E-state index in [1.54, 1.807) is 19.1 Å². The van der Waals surface area contributed by atoms with Crippen LogP contribution in [-0.4, -0.2) is 42.1 Å². The fraction of sp³-hybridized carbons (Fsp3) is 0.650. The Morgan fingerprint density at radius 2 is 2.31 bits per heavy atom. The van der Waals surface area contributed by atoms with Crippen LogP contribution in [0.4, 0.5) is 4.39 Å². The fourth-order valence-corrected chi connectivity index (χ4v) is 5.33. The second-order valence-corrected chi connectivity index (χ2v) is 8.42. The number of benzene rings is 1. The van der Waals surface area contributed by atoms with Gasteiger partial charge in [-0.1, -0.05) is 24.6 Å². The number of amides is 1. The largest absolute Gasteiger partial charge is 0.370 e. The minimum Gasteiger partial charge on any atom is -0.370 e. The minimum atomic E-state index is -0.205. The number of hydrogen-bond donors (Lipinski definition) is 1. The van der Waals surface area contributed by atoms with Crippen molar-refractivity contribution in [1.29, 1.82) is 0 Å². The van der Waals surface area contributed by atoms with Crippen LogP contribution >= 0.6 is 11.6 Å². The van der Waals surface area contributed by atoms with Crippen molar-refractivity contribution in [2.24, 2.45) is 11.8 Å². The Hall–Kier alpha value is -1.17. The van der Waals surface area contributed by atoms with Crippen LogP contribution in [0.15, 0.2) is 12.1 Å². The van der Waals surface area contributed by atoms with Gasteiger partial charge in [-0.15, -0.1) is 0 Å². The van der Waals surface area contributed by atoms with Crippen LogP contribution in [-0.2, 0) is 16.1 Å². The van der Waals surface area contributed by atoms with Gasteiger partial charge in [0, 0.05) is 55.0 Å². The molecule has 4 rings (SSSR count). The Kier molecular flexibility index (Phi) is 4.74. The van der Waals surface area contributed by atoms with E-state index in [0.717, 1.165) is 25.9 Å². The fourth-order valence-electron chi connectivity index (χ4n) is 5.12. The van der Waals surface area contributed by atoms with E-state index >= 15 is 0 Å². The van der Waals surface area contributed by atoms with Crippen LogP contribution in [0.5, 0.6) is 0 Å². The van der Waals surface area contributed by atoms with Crippen molar-refractivity contribution in [3.8, 4) is 0 Å². The molecule has 3 saturated heterocycles. The summed E-state index contributed by atoms with van der Waals surface area (Å²) in [5, 5.41) is 3.53. The van der Waals surface area contributed by atoms with E-state index in [9.17, 15) is 9.18 Å². The van der Waals surface area contributed by atoms with E-state index < -0.39 is 0 Å². The summed E-state index contributed by atoms with van der Waals surface area (Å²) in [6.45, 7) is 6.50. The maximum Gasteiger partial charge on any atom is 0.219 e. The zero-order chi connectivity index (χ0) is 18.5. The molecule has 4 nitrogen and oxygen atoms in total. The third-order valence-corrected chi connectivity index (χ3v) is 6.83. The number of carbonyl (C=O) groups excluding carboxylic acids is 1. The highest BCUT2D eigenvalue weighted by molar-refractivity contribution is 6.31. The first-order valence-corrected chi connectivity index (χ1v) is 9.91. The lowest BCUT2D eigenvalue weighted by atomic mass is 9.73. The Balaban J connectivity index is 1.49. The monoisotopic (exact) mass is 380 g/mol. The van der Waals surface area contributed by atoms with Gasteiger partial charge in [-0.25, -0.2) is 4.39 Å². The summed E-state index contributed by atoms with van der Waals surface area (Å²) in [7, 11) is 0. The van der Waals surface area contributed by atoms with Crippen molar-refractivity contribution in [2.45, 2.75) is 51.4 Å². The average molecular weight is 381 g/mol. The molecule has 1 amide bonds. The van der Waals surface area contributed by atoms with Crippen LogP contribution < -0.4 is 5.32 Å². The summed E-state index contributed by atoms with van der Waals surface area (Å²) in [5.74, 6) is 0.626. The summed E-state index contributed by atoms with van der Waals surface area (Å²) in [5.41, 5.74) is 1.08. The van der Waals surface area contributed by atoms with Crippen molar-refractivity contribution in [2.75, 3.05) is 19.6 Å². The first-order chi connectivity index (χ1) is 12.4. The van der Waals surface area contributed by atoms with Crippen LogP contribution in [0.25, 0.3) is 0 Å². The van der Waals surface area contributed by atoms with Crippen LogP contribution in [0, 0.1) is 24.6 Å². The molecule has 1 spiro atoms. The number of rotatable bonds is 5. The van der Waals surface area contributed by atoms with Gasteiger partial charge in [-0.2, -0.15) is 0 Å². The van der Waals surface area contributed by atoms with E-state index in [1.165, 1.54) is 0 Å². The van der Waals surface area contributed by atoms with E-state index in [2.05, 4.69) is 10.2 Å². The van der Waals surface area contributed by atoms with Gasteiger partial charge in [-0.05, 0) is 31.4 Å². The molecule has 1 aromatic carbocycles. The lowest BCUT2D eigenvalue weighted by Crippen LogP contribution is -2.41. The molecule has 0 aliphatic carbocycles. The summed E-state index contributed by atoms with van der Waals surface area (Å²) in [4.78, 5) is 13.9. The van der Waals surface area contributed by atoms with Gasteiger partial charge in [0.15, 0.2) is 0 Å². The summed E-state index contributed by atoms with van der Waals surface area (Å²) < 4.78 is 20.9. The number of fused-ring (bicyclic) bond motifs is 1. The first-order valence-electron chi connectivity index (χ1n) is 9.54. The number of ether oxygens (including phenoxy) is 1. The number of nitrogens with one attached hydrogen (secondary N) is 1. The SMILES string of the molecule is CCC(=O)NC[C@H]1[C@H]2CN(Cc3c(Cl)ccc(C)c3F)C[C@]23CC[C@H]1O3. The second-order valence-electron chi connectivity index (χ2n) is 8.01. The molecular formula is C20H26ClFN2O2. The number of aryl methyl sites for hydroxylation is 1. The van der Waals surface area contributed by atoms with Crippen LogP contribution in [0.2, 0.25) is 5.02 Å². The van der Waals surface area contributed by atoms with E-state index in [1.807, 2.05) is 6.92 Å². The Morgan fingerprint density at radius 3 is 3.08 bits per heavy atom. The molecule has 1 aromatic rings. The quantitative estimate of drug-likeness (QED) is 0.852. The molecule has 26 heavy (non-hydrogen) atoms. The minimum absolute atomic E-state index is 0.0882. The summed E-state index contributed by atoms with van der Waals surface area (Å²) in [6, 6.07) is 3.49. The first kappa shape index (κ1) is 18.2. The summed E-state index contributed by atoms with van der Waals surface area (Å²) in [6.07, 6.45) is 2.86. The highest BCUT2D eigenvalue weighted by Gasteiger charge is 2.62. The van der Waals surface area contributed by atoms with E-state index in [4.69, 9.17) is 16.3 Å². The maximum absolute atomic E-state index is 14.5. The zero-order valence-electron chi connectivity index (χ0n) is 15.4. The van der Waals surface area contributed by atoms with Crippen LogP contribution in [0.1, 0.15) is 37.3 Å². The molecule has 0 radical (unpaired) electrons.